The van der Waals surface area contributed by atoms with Crippen molar-refractivity contribution in [3.8, 4) is 11.1 Å². The van der Waals surface area contributed by atoms with Gasteiger partial charge in [-0.15, -0.1) is 0 Å². The molecule has 0 amide bonds. The number of benzene rings is 2. The maximum atomic E-state index is 2.59. The van der Waals surface area contributed by atoms with Gasteiger partial charge in [-0.05, 0) is 90.4 Å². The molecular weight excluding hydrogens is 424 g/mol. The maximum absolute atomic E-state index is 2.59. The second kappa shape index (κ2) is 10.1. The molecule has 0 aliphatic heterocycles. The van der Waals surface area contributed by atoms with Gasteiger partial charge in [0, 0.05) is 0 Å². The summed E-state index contributed by atoms with van der Waals surface area (Å²) in [7, 11) is -1.45. The van der Waals surface area contributed by atoms with Crippen molar-refractivity contribution in [1.82, 2.24) is 0 Å². The summed E-state index contributed by atoms with van der Waals surface area (Å²) >= 11 is 0. The van der Waals surface area contributed by atoms with Crippen molar-refractivity contribution >= 4 is 14.0 Å². The normalized spacial score (nSPS) is 20.9. The molecule has 0 bridgehead atoms. The molecule has 1 heteroatoms. The quantitative estimate of drug-likeness (QED) is 0.279. The van der Waals surface area contributed by atoms with Crippen molar-refractivity contribution in [2.75, 3.05) is 0 Å². The highest BCUT2D eigenvalue weighted by atomic mass is 28.3. The van der Waals surface area contributed by atoms with Crippen molar-refractivity contribution in [3.63, 3.8) is 0 Å². The number of aryl methyl sites for hydroxylation is 1. The highest BCUT2D eigenvalue weighted by Gasteiger charge is 2.39. The fourth-order valence-corrected chi connectivity index (χ4v) is 11.4. The van der Waals surface area contributed by atoms with E-state index < -0.39 is 8.80 Å². The number of hydrogen-bond donors (Lipinski definition) is 0. The first-order valence-electron chi connectivity index (χ1n) is 13.6. The van der Waals surface area contributed by atoms with Crippen LogP contribution in [0.25, 0.3) is 11.1 Å². The first-order chi connectivity index (χ1) is 16.6. The molecule has 2 aromatic carbocycles. The zero-order valence-electron chi connectivity index (χ0n) is 21.5. The van der Waals surface area contributed by atoms with Crippen LogP contribution >= 0.6 is 0 Å². The summed E-state index contributed by atoms with van der Waals surface area (Å²) in [6.45, 7) is 9.43. The van der Waals surface area contributed by atoms with E-state index in [2.05, 4.69) is 94.5 Å². The lowest BCUT2D eigenvalue weighted by molar-refractivity contribution is 0.767. The number of unbranched alkanes of at least 4 members (excludes halogenated alkanes) is 2. The maximum Gasteiger partial charge on any atom is 0.0936 e. The van der Waals surface area contributed by atoms with E-state index in [-0.39, 0.29) is 0 Å². The Kier molecular flexibility index (Phi) is 6.93. The molecule has 0 N–H and O–H groups in total. The van der Waals surface area contributed by atoms with Crippen LogP contribution in [-0.2, 0) is 6.42 Å². The van der Waals surface area contributed by atoms with Crippen molar-refractivity contribution in [2.24, 2.45) is 0 Å². The molecule has 0 saturated carbocycles. The summed E-state index contributed by atoms with van der Waals surface area (Å²) in [6.07, 6.45) is 23.7. The summed E-state index contributed by atoms with van der Waals surface area (Å²) in [4.78, 5) is 0. The van der Waals surface area contributed by atoms with Gasteiger partial charge in [0.05, 0.1) is 8.80 Å². The second-order valence-electron chi connectivity index (χ2n) is 10.6. The van der Waals surface area contributed by atoms with E-state index in [1.165, 1.54) is 60.8 Å². The van der Waals surface area contributed by atoms with Gasteiger partial charge in [-0.3, -0.25) is 0 Å². The topological polar surface area (TPSA) is 0 Å². The van der Waals surface area contributed by atoms with Crippen molar-refractivity contribution < 1.29 is 0 Å². The number of allylic oxidation sites excluding steroid dienone is 8. The molecule has 5 rings (SSSR count). The van der Waals surface area contributed by atoms with Gasteiger partial charge in [-0.1, -0.05) is 110 Å². The molecule has 0 radical (unpaired) electrons. The highest BCUT2D eigenvalue weighted by Crippen LogP contribution is 2.45. The van der Waals surface area contributed by atoms with Crippen molar-refractivity contribution in [1.29, 1.82) is 0 Å². The fourth-order valence-electron chi connectivity index (χ4n) is 6.62. The SMILES string of the molecule is CCCCC1=CC=CC1[SiH](c1c(C)c(C)cc2c1Cc1ccccc1-2)C1C=CC=C1CCCC. The molecule has 176 valence electrons. The minimum Gasteiger partial charge on any atom is -0.0799 e. The van der Waals surface area contributed by atoms with Crippen LogP contribution in [0, 0.1) is 13.8 Å². The number of fused-ring (bicyclic) bond motifs is 3. The Morgan fingerprint density at radius 3 is 2.06 bits per heavy atom. The van der Waals surface area contributed by atoms with E-state index in [1.807, 2.05) is 0 Å². The summed E-state index contributed by atoms with van der Waals surface area (Å²) < 4.78 is 0. The first kappa shape index (κ1) is 23.4. The van der Waals surface area contributed by atoms with Crippen LogP contribution in [0.2, 0.25) is 11.1 Å². The van der Waals surface area contributed by atoms with Crippen LogP contribution < -0.4 is 5.19 Å². The average molecular weight is 465 g/mol. The molecule has 2 unspecified atom stereocenters. The molecule has 34 heavy (non-hydrogen) atoms. The first-order valence-corrected chi connectivity index (χ1v) is 15.5. The largest absolute Gasteiger partial charge is 0.0936 e. The second-order valence-corrected chi connectivity index (χ2v) is 13.7. The van der Waals surface area contributed by atoms with Gasteiger partial charge in [-0.2, -0.15) is 0 Å². The van der Waals surface area contributed by atoms with E-state index in [9.17, 15) is 0 Å². The summed E-state index contributed by atoms with van der Waals surface area (Å²) in [5, 5.41) is 1.78. The van der Waals surface area contributed by atoms with Gasteiger partial charge in [0.2, 0.25) is 0 Å². The molecule has 3 aliphatic carbocycles. The van der Waals surface area contributed by atoms with Crippen LogP contribution in [0.3, 0.4) is 0 Å². The van der Waals surface area contributed by atoms with Crippen LogP contribution in [0.1, 0.15) is 74.6 Å². The van der Waals surface area contributed by atoms with Gasteiger partial charge in [0.15, 0.2) is 0 Å². The molecular formula is C33H40Si. The Morgan fingerprint density at radius 2 is 1.44 bits per heavy atom. The Labute approximate surface area is 208 Å². The summed E-state index contributed by atoms with van der Waals surface area (Å²) in [5.74, 6) is 0. The van der Waals surface area contributed by atoms with Gasteiger partial charge in [0.1, 0.15) is 0 Å². The molecule has 0 spiro atoms. The van der Waals surface area contributed by atoms with Crippen LogP contribution in [-0.4, -0.2) is 8.80 Å². The Balaban J connectivity index is 1.66. The predicted molar refractivity (Wildman–Crippen MR) is 152 cm³/mol. The third-order valence-corrected chi connectivity index (χ3v) is 12.8. The van der Waals surface area contributed by atoms with E-state index in [0.29, 0.717) is 11.1 Å². The lowest BCUT2D eigenvalue weighted by Gasteiger charge is -2.34. The van der Waals surface area contributed by atoms with Crippen LogP contribution in [0.4, 0.5) is 0 Å². The van der Waals surface area contributed by atoms with Crippen molar-refractivity contribution in [2.45, 2.75) is 83.7 Å². The minimum absolute atomic E-state index is 0.637. The van der Waals surface area contributed by atoms with Crippen molar-refractivity contribution in [3.05, 3.63) is 100 Å². The van der Waals surface area contributed by atoms with Gasteiger partial charge in [0.25, 0.3) is 0 Å². The third kappa shape index (κ3) is 4.13. The Morgan fingerprint density at radius 1 is 0.824 bits per heavy atom. The van der Waals surface area contributed by atoms with Gasteiger partial charge >= 0.3 is 0 Å². The molecule has 0 fully saturated rings. The van der Waals surface area contributed by atoms with Crippen LogP contribution in [0.15, 0.2) is 77.9 Å². The van der Waals surface area contributed by atoms with Gasteiger partial charge < -0.3 is 0 Å². The minimum atomic E-state index is -1.45. The van der Waals surface area contributed by atoms with Crippen LogP contribution in [0.5, 0.6) is 0 Å². The zero-order valence-corrected chi connectivity index (χ0v) is 22.7. The summed E-state index contributed by atoms with van der Waals surface area (Å²) in [6, 6.07) is 11.6. The van der Waals surface area contributed by atoms with E-state index in [4.69, 9.17) is 0 Å². The Hall–Kier alpha value is -2.38. The van der Waals surface area contributed by atoms with Gasteiger partial charge in [-0.25, -0.2) is 0 Å². The molecule has 2 atom stereocenters. The lowest BCUT2D eigenvalue weighted by Crippen LogP contribution is -2.43. The molecule has 2 aromatic rings. The monoisotopic (exact) mass is 464 g/mol. The zero-order chi connectivity index (χ0) is 23.7. The number of hydrogen-bond acceptors (Lipinski definition) is 0. The standard InChI is InChI=1S/C33H40Si/c1-5-7-13-25-16-11-19-31(25)34(32-20-12-17-26(32)14-8-6-2)33-24(4)23(3)21-29-28-18-10-9-15-27(28)22-30(29)33/h9-12,15-21,31-32,34H,5-8,13-14,22H2,1-4H3. The van der Waals surface area contributed by atoms with E-state index >= 15 is 0 Å². The lowest BCUT2D eigenvalue weighted by atomic mass is 9.99. The molecule has 3 aliphatic rings. The average Bonchev–Trinajstić information content (AvgIpc) is 3.58. The molecule has 0 heterocycles. The Bertz CT molecular complexity index is 1150. The smallest absolute Gasteiger partial charge is 0.0799 e. The highest BCUT2D eigenvalue weighted by molar-refractivity contribution is 6.79. The molecule has 0 aromatic heterocycles. The fraction of sp³-hybridized carbons (Fsp3) is 0.394. The molecule has 0 nitrogen and oxygen atoms in total. The summed E-state index contributed by atoms with van der Waals surface area (Å²) in [5.41, 5.74) is 13.9. The number of rotatable bonds is 9. The van der Waals surface area contributed by atoms with E-state index in [0.717, 1.165) is 6.42 Å². The predicted octanol–water partition coefficient (Wildman–Crippen LogP) is 8.42. The molecule has 0 saturated heterocycles. The third-order valence-electron chi connectivity index (χ3n) is 8.54. The van der Waals surface area contributed by atoms with E-state index in [1.54, 1.807) is 27.5 Å².